The highest BCUT2D eigenvalue weighted by Crippen LogP contribution is 2.42. The van der Waals surface area contributed by atoms with Gasteiger partial charge in [-0.3, -0.25) is 4.79 Å². The number of fused-ring (bicyclic) bond motifs is 1. The minimum atomic E-state index is -4.49. The van der Waals surface area contributed by atoms with Gasteiger partial charge in [-0.2, -0.15) is 18.2 Å². The van der Waals surface area contributed by atoms with Gasteiger partial charge in [-0.25, -0.2) is 9.67 Å². The summed E-state index contributed by atoms with van der Waals surface area (Å²) >= 11 is 0.592. The third-order valence-electron chi connectivity index (χ3n) is 6.20. The average Bonchev–Trinajstić information content (AvgIpc) is 3.52. The van der Waals surface area contributed by atoms with E-state index in [1.165, 1.54) is 24.1 Å². The van der Waals surface area contributed by atoms with E-state index in [2.05, 4.69) is 32.3 Å². The predicted molar refractivity (Wildman–Crippen MR) is 161 cm³/mol. The summed E-state index contributed by atoms with van der Waals surface area (Å²) < 4.78 is 47.6. The lowest BCUT2D eigenvalue weighted by Crippen LogP contribution is -2.29. The van der Waals surface area contributed by atoms with Crippen LogP contribution in [0.4, 0.5) is 42.0 Å². The Kier molecular flexibility index (Phi) is 8.92. The first-order chi connectivity index (χ1) is 19.8. The largest absolute Gasteiger partial charge is 0.494 e. The van der Waals surface area contributed by atoms with Gasteiger partial charge in [0.15, 0.2) is 11.6 Å². The van der Waals surface area contributed by atoms with E-state index < -0.39 is 11.1 Å². The van der Waals surface area contributed by atoms with Crippen molar-refractivity contribution in [3.63, 3.8) is 0 Å². The molecule has 0 saturated carbocycles. The molecule has 0 fully saturated rings. The van der Waals surface area contributed by atoms with Crippen LogP contribution in [0.1, 0.15) is 4.88 Å². The summed E-state index contributed by atoms with van der Waals surface area (Å²) in [6.45, 7) is 4.99. The molecule has 0 aliphatic carbocycles. The second kappa shape index (κ2) is 12.2. The van der Waals surface area contributed by atoms with E-state index in [-0.39, 0.29) is 17.7 Å². The molecule has 42 heavy (non-hydrogen) atoms. The molecule has 4 rings (SSSR count). The fraction of sp³-hybridized carbons (Fsp3) is 0.333. The Bertz CT molecular complexity index is 1600. The van der Waals surface area contributed by atoms with E-state index in [1.54, 1.807) is 37.2 Å². The molecular formula is C27H32F3N9O2S. The summed E-state index contributed by atoms with van der Waals surface area (Å²) in [6, 6.07) is 6.13. The number of aromatic nitrogens is 4. The molecule has 1 aromatic carbocycles. The molecule has 0 aliphatic heterocycles. The Labute approximate surface area is 245 Å². The van der Waals surface area contributed by atoms with Crippen molar-refractivity contribution in [3.8, 4) is 11.6 Å². The van der Waals surface area contributed by atoms with E-state index in [0.717, 1.165) is 18.3 Å². The van der Waals surface area contributed by atoms with Crippen molar-refractivity contribution in [2.75, 3.05) is 75.9 Å². The molecular weight excluding hydrogens is 571 g/mol. The first-order valence-corrected chi connectivity index (χ1v) is 13.5. The van der Waals surface area contributed by atoms with Gasteiger partial charge in [0, 0.05) is 52.6 Å². The minimum Gasteiger partial charge on any atom is -0.494 e. The number of likely N-dealkylation sites (N-methyl/N-ethyl adjacent to an activating group) is 2. The molecule has 0 spiro atoms. The molecule has 11 nitrogen and oxygen atoms in total. The molecule has 0 atom stereocenters. The van der Waals surface area contributed by atoms with E-state index in [0.29, 0.717) is 51.0 Å². The average molecular weight is 604 g/mol. The molecule has 0 radical (unpaired) electrons. The number of thiophene rings is 1. The number of carbonyl (C=O) groups is 1. The Morgan fingerprint density at radius 2 is 1.88 bits per heavy atom. The lowest BCUT2D eigenvalue weighted by Gasteiger charge is -2.26. The summed E-state index contributed by atoms with van der Waals surface area (Å²) in [6.07, 6.45) is -1.84. The van der Waals surface area contributed by atoms with E-state index >= 15 is 0 Å². The van der Waals surface area contributed by atoms with E-state index in [4.69, 9.17) is 4.74 Å². The molecule has 4 aromatic rings. The molecule has 224 valence electrons. The van der Waals surface area contributed by atoms with Crippen LogP contribution < -0.4 is 25.2 Å². The van der Waals surface area contributed by atoms with Crippen LogP contribution in [0.3, 0.4) is 0 Å². The maximum Gasteiger partial charge on any atom is 0.425 e. The van der Waals surface area contributed by atoms with Gasteiger partial charge in [-0.1, -0.05) is 6.58 Å². The number of hydrogen-bond donors (Lipinski definition) is 2. The quantitative estimate of drug-likeness (QED) is 0.233. The fourth-order valence-electron chi connectivity index (χ4n) is 4.07. The smallest absolute Gasteiger partial charge is 0.425 e. The summed E-state index contributed by atoms with van der Waals surface area (Å²) in [4.78, 5) is 26.3. The van der Waals surface area contributed by atoms with Gasteiger partial charge >= 0.3 is 6.18 Å². The van der Waals surface area contributed by atoms with Crippen LogP contribution in [-0.2, 0) is 11.0 Å². The highest BCUT2D eigenvalue weighted by Gasteiger charge is 2.34. The van der Waals surface area contributed by atoms with Gasteiger partial charge < -0.3 is 30.1 Å². The van der Waals surface area contributed by atoms with Crippen LogP contribution in [0.2, 0.25) is 0 Å². The van der Waals surface area contributed by atoms with Crippen molar-refractivity contribution in [3.05, 3.63) is 48.0 Å². The Morgan fingerprint density at radius 3 is 2.50 bits per heavy atom. The third-order valence-corrected chi connectivity index (χ3v) is 7.36. The van der Waals surface area contributed by atoms with Crippen molar-refractivity contribution < 1.29 is 22.7 Å². The Balaban J connectivity index is 1.75. The second-order valence-electron chi connectivity index (χ2n) is 9.81. The van der Waals surface area contributed by atoms with Crippen molar-refractivity contribution in [2.45, 2.75) is 6.18 Å². The van der Waals surface area contributed by atoms with Crippen LogP contribution in [0.25, 0.3) is 16.0 Å². The zero-order valence-electron chi connectivity index (χ0n) is 24.1. The number of halogens is 3. The van der Waals surface area contributed by atoms with E-state index in [9.17, 15) is 18.0 Å². The number of ether oxygens (including phenoxy) is 1. The Hall–Kier alpha value is -4.37. The minimum absolute atomic E-state index is 0.142. The monoisotopic (exact) mass is 603 g/mol. The van der Waals surface area contributed by atoms with Crippen LogP contribution in [-0.4, -0.2) is 86.0 Å². The molecule has 0 bridgehead atoms. The molecule has 0 unspecified atom stereocenters. The van der Waals surface area contributed by atoms with Crippen molar-refractivity contribution in [1.29, 1.82) is 0 Å². The maximum atomic E-state index is 13.5. The van der Waals surface area contributed by atoms with E-state index in [1.807, 2.05) is 30.9 Å². The molecule has 1 amide bonds. The lowest BCUT2D eigenvalue weighted by atomic mass is 10.2. The lowest BCUT2D eigenvalue weighted by molar-refractivity contribution is -0.134. The number of nitrogens with zero attached hydrogens (tertiary/aromatic N) is 7. The molecule has 0 saturated heterocycles. The number of rotatable bonds is 11. The molecule has 2 N–H and O–H groups in total. The molecule has 3 aromatic heterocycles. The van der Waals surface area contributed by atoms with Gasteiger partial charge in [0.1, 0.15) is 15.5 Å². The molecule has 3 heterocycles. The van der Waals surface area contributed by atoms with Crippen LogP contribution in [0.15, 0.2) is 43.1 Å². The van der Waals surface area contributed by atoms with Crippen molar-refractivity contribution in [2.24, 2.45) is 0 Å². The fourth-order valence-corrected chi connectivity index (χ4v) is 5.05. The van der Waals surface area contributed by atoms with Crippen LogP contribution >= 0.6 is 11.3 Å². The third kappa shape index (κ3) is 6.57. The Morgan fingerprint density at radius 1 is 1.14 bits per heavy atom. The van der Waals surface area contributed by atoms with Gasteiger partial charge in [-0.15, -0.1) is 16.4 Å². The zero-order chi connectivity index (χ0) is 30.8. The number of amides is 1. The molecule has 0 aliphatic rings. The van der Waals surface area contributed by atoms with Gasteiger partial charge in [0.05, 0.1) is 29.6 Å². The van der Waals surface area contributed by atoms with Gasteiger partial charge in [-0.05, 0) is 32.3 Å². The standard InChI is InChI=1S/C27H32F3N9O2S/c1-8-23(40)32-17-14-18(20(41-7)15-19(17)38(6)12-11-36(2)3)33-26-31-10-9-22(34-26)39-25-16(24(35-39)37(4)5)13-21(42-25)27(28,29)30/h8-10,13-15H,1,11-12H2,2-7H3,(H,32,40)(H,31,33,34). The van der Waals surface area contributed by atoms with Crippen molar-refractivity contribution in [1.82, 2.24) is 24.6 Å². The number of carbonyl (C=O) groups excluding carboxylic acids is 1. The number of nitrogens with one attached hydrogen (secondary N) is 2. The number of anilines is 5. The van der Waals surface area contributed by atoms with Crippen LogP contribution in [0.5, 0.6) is 5.75 Å². The highest BCUT2D eigenvalue weighted by molar-refractivity contribution is 7.18. The highest BCUT2D eigenvalue weighted by atomic mass is 32.1. The van der Waals surface area contributed by atoms with Crippen molar-refractivity contribution >= 4 is 56.3 Å². The SMILES string of the molecule is C=CC(=O)Nc1cc(Nc2nccc(-n3nc(N(C)C)c4cc(C(F)(F)F)sc43)n2)c(OC)cc1N(C)CCN(C)C. The topological polar surface area (TPSA) is 104 Å². The zero-order valence-corrected chi connectivity index (χ0v) is 24.9. The number of alkyl halides is 3. The first kappa shape index (κ1) is 30.6. The summed E-state index contributed by atoms with van der Waals surface area (Å²) in [5.74, 6) is 0.851. The number of methoxy groups -OCH3 is 1. The second-order valence-corrected chi connectivity index (χ2v) is 10.8. The number of benzene rings is 1. The van der Waals surface area contributed by atoms with Gasteiger partial charge in [0.25, 0.3) is 0 Å². The maximum absolute atomic E-state index is 13.5. The predicted octanol–water partition coefficient (Wildman–Crippen LogP) is 4.84. The van der Waals surface area contributed by atoms with Crippen LogP contribution in [0, 0.1) is 0 Å². The summed E-state index contributed by atoms with van der Waals surface area (Å²) in [5, 5.41) is 10.8. The first-order valence-electron chi connectivity index (χ1n) is 12.7. The van der Waals surface area contributed by atoms with Gasteiger partial charge in [0.2, 0.25) is 11.9 Å². The number of hydrogen-bond acceptors (Lipinski definition) is 10. The summed E-state index contributed by atoms with van der Waals surface area (Å²) in [5.41, 5.74) is 1.68. The summed E-state index contributed by atoms with van der Waals surface area (Å²) in [7, 11) is 10.8. The molecule has 15 heteroatoms. The normalized spacial score (nSPS) is 11.6.